The van der Waals surface area contributed by atoms with E-state index in [-0.39, 0.29) is 12.8 Å². The lowest BCUT2D eigenvalue weighted by molar-refractivity contribution is -0.129. The summed E-state index contributed by atoms with van der Waals surface area (Å²) in [5, 5.41) is 22.2. The Bertz CT molecular complexity index is 539. The van der Waals surface area contributed by atoms with Gasteiger partial charge in [0.1, 0.15) is 0 Å². The average molecular weight is 392 g/mol. The first-order valence-electron chi connectivity index (χ1n) is 12.4. The van der Waals surface area contributed by atoms with Crippen molar-refractivity contribution >= 4 is 0 Å². The predicted molar refractivity (Wildman–Crippen MR) is 115 cm³/mol. The fourth-order valence-electron chi connectivity index (χ4n) is 9.04. The number of aliphatic hydroxyl groups is 2. The first-order valence-corrected chi connectivity index (χ1v) is 12.4. The van der Waals surface area contributed by atoms with Crippen LogP contribution in [0.2, 0.25) is 0 Å². The number of rotatable bonds is 6. The molecule has 4 aliphatic rings. The summed E-state index contributed by atoms with van der Waals surface area (Å²) in [6.45, 7) is 8.82. The molecule has 0 radical (unpaired) electrons. The van der Waals surface area contributed by atoms with Crippen molar-refractivity contribution < 1.29 is 10.2 Å². The largest absolute Gasteiger partial charge is 0.393 e. The Balaban J connectivity index is 1.45. The van der Waals surface area contributed by atoms with E-state index in [9.17, 15) is 5.11 Å². The van der Waals surface area contributed by atoms with Gasteiger partial charge in [-0.3, -0.25) is 5.32 Å². The number of aliphatic hydroxyl groups excluding tert-OH is 2. The quantitative estimate of drug-likeness (QED) is 0.443. The van der Waals surface area contributed by atoms with Crippen LogP contribution in [0.3, 0.4) is 0 Å². The molecular weight excluding hydrogens is 346 g/mol. The van der Waals surface area contributed by atoms with Crippen molar-refractivity contribution in [3.8, 4) is 0 Å². The minimum absolute atomic E-state index is 0.0273. The van der Waals surface area contributed by atoms with Crippen LogP contribution in [0.4, 0.5) is 0 Å². The lowest BCUT2D eigenvalue weighted by Gasteiger charge is -2.61. The van der Waals surface area contributed by atoms with E-state index in [1.807, 2.05) is 0 Å². The van der Waals surface area contributed by atoms with Crippen LogP contribution >= 0.6 is 0 Å². The van der Waals surface area contributed by atoms with Gasteiger partial charge in [-0.15, -0.1) is 0 Å². The van der Waals surface area contributed by atoms with Gasteiger partial charge in [-0.1, -0.05) is 20.8 Å². The smallest absolute Gasteiger partial charge is 0.0931 e. The van der Waals surface area contributed by atoms with E-state index in [1.165, 1.54) is 57.8 Å². The van der Waals surface area contributed by atoms with Gasteiger partial charge in [0.25, 0.3) is 0 Å². The van der Waals surface area contributed by atoms with Crippen LogP contribution < -0.4 is 5.32 Å². The van der Waals surface area contributed by atoms with Crippen molar-refractivity contribution in [3.05, 3.63) is 0 Å². The van der Waals surface area contributed by atoms with Gasteiger partial charge < -0.3 is 10.2 Å². The molecular formula is C25H45NO2. The summed E-state index contributed by atoms with van der Waals surface area (Å²) < 4.78 is 0. The first kappa shape index (κ1) is 21.1. The van der Waals surface area contributed by atoms with E-state index in [4.69, 9.17) is 5.11 Å². The van der Waals surface area contributed by atoms with Gasteiger partial charge in [0.05, 0.1) is 12.8 Å². The third-order valence-electron chi connectivity index (χ3n) is 10.5. The summed E-state index contributed by atoms with van der Waals surface area (Å²) in [7, 11) is 0. The topological polar surface area (TPSA) is 52.5 Å². The van der Waals surface area contributed by atoms with Crippen LogP contribution in [0.15, 0.2) is 0 Å². The minimum atomic E-state index is -0.0273. The lowest BCUT2D eigenvalue weighted by Crippen LogP contribution is -2.54. The Labute approximate surface area is 173 Å². The normalized spacial score (nSPS) is 49.2. The molecule has 9 atom stereocenters. The third kappa shape index (κ3) is 3.48. The monoisotopic (exact) mass is 391 g/mol. The molecule has 0 saturated heterocycles. The third-order valence-corrected chi connectivity index (χ3v) is 10.5. The highest BCUT2D eigenvalue weighted by atomic mass is 16.3. The van der Waals surface area contributed by atoms with Gasteiger partial charge in [-0.2, -0.15) is 0 Å². The highest BCUT2D eigenvalue weighted by molar-refractivity contribution is 5.09. The zero-order valence-corrected chi connectivity index (χ0v) is 18.6. The molecule has 4 rings (SSSR count). The maximum Gasteiger partial charge on any atom is 0.0931 e. The molecule has 0 bridgehead atoms. The Morgan fingerprint density at radius 3 is 2.50 bits per heavy atom. The van der Waals surface area contributed by atoms with E-state index >= 15 is 0 Å². The van der Waals surface area contributed by atoms with E-state index in [0.717, 1.165) is 54.9 Å². The summed E-state index contributed by atoms with van der Waals surface area (Å²) in [6, 6.07) is 0. The van der Waals surface area contributed by atoms with E-state index in [0.29, 0.717) is 10.8 Å². The van der Waals surface area contributed by atoms with Crippen LogP contribution in [0.1, 0.15) is 91.4 Å². The summed E-state index contributed by atoms with van der Waals surface area (Å²) in [5.74, 6) is 5.29. The van der Waals surface area contributed by atoms with Crippen molar-refractivity contribution in [2.75, 3.05) is 13.3 Å². The molecule has 0 aromatic carbocycles. The fourth-order valence-corrected chi connectivity index (χ4v) is 9.04. The van der Waals surface area contributed by atoms with Crippen molar-refractivity contribution in [3.63, 3.8) is 0 Å². The molecule has 3 nitrogen and oxygen atoms in total. The SMILES string of the molecule is C[C@H](CCCNCO)[C@H]1CC[C@H]2[C@@H]3CC[C@@H]4C[C@H](O)CC[C@]4(C)[C@H]3CC[C@]12C. The van der Waals surface area contributed by atoms with E-state index in [1.54, 1.807) is 0 Å². The summed E-state index contributed by atoms with van der Waals surface area (Å²) in [4.78, 5) is 0. The number of fused-ring (bicyclic) bond motifs is 5. The molecule has 0 amide bonds. The second-order valence-electron chi connectivity index (χ2n) is 11.6. The zero-order valence-electron chi connectivity index (χ0n) is 18.6. The number of nitrogens with one attached hydrogen (secondary N) is 1. The molecule has 3 heteroatoms. The molecule has 4 saturated carbocycles. The number of hydrogen-bond acceptors (Lipinski definition) is 3. The molecule has 0 spiro atoms. The van der Waals surface area contributed by atoms with Gasteiger partial charge >= 0.3 is 0 Å². The van der Waals surface area contributed by atoms with Crippen molar-refractivity contribution in [1.29, 1.82) is 0 Å². The van der Waals surface area contributed by atoms with Crippen molar-refractivity contribution in [1.82, 2.24) is 5.32 Å². The molecule has 162 valence electrons. The highest BCUT2D eigenvalue weighted by Gasteiger charge is 2.60. The fraction of sp³-hybridized carbons (Fsp3) is 1.00. The van der Waals surface area contributed by atoms with Crippen LogP contribution in [0.25, 0.3) is 0 Å². The second kappa shape index (κ2) is 8.19. The van der Waals surface area contributed by atoms with Crippen molar-refractivity contribution in [2.24, 2.45) is 46.3 Å². The van der Waals surface area contributed by atoms with Gasteiger partial charge in [-0.05, 0) is 124 Å². The van der Waals surface area contributed by atoms with Crippen LogP contribution in [-0.4, -0.2) is 29.6 Å². The Morgan fingerprint density at radius 2 is 1.71 bits per heavy atom. The van der Waals surface area contributed by atoms with Gasteiger partial charge in [-0.25, -0.2) is 0 Å². The second-order valence-corrected chi connectivity index (χ2v) is 11.6. The summed E-state index contributed by atoms with van der Waals surface area (Å²) in [6.07, 6.45) is 14.4. The molecule has 4 fully saturated rings. The molecule has 3 N–H and O–H groups in total. The minimum Gasteiger partial charge on any atom is -0.393 e. The van der Waals surface area contributed by atoms with Crippen LogP contribution in [0.5, 0.6) is 0 Å². The molecule has 0 aromatic rings. The predicted octanol–water partition coefficient (Wildman–Crippen LogP) is 4.96. The zero-order chi connectivity index (χ0) is 19.9. The molecule has 4 aliphatic carbocycles. The standard InChI is InChI=1S/C25H45NO2/c1-17(5-4-14-26-16-27)21-8-9-22-20-7-6-18-15-19(28)10-12-24(18,2)23(20)11-13-25(21,22)3/h17-23,26-28H,4-16H2,1-3H3/t17-,18-,19-,20+,21-,22+,23+,24+,25-/m1/s1. The lowest BCUT2D eigenvalue weighted by atomic mass is 9.44. The Morgan fingerprint density at radius 1 is 0.964 bits per heavy atom. The molecule has 28 heavy (non-hydrogen) atoms. The maximum absolute atomic E-state index is 10.2. The highest BCUT2D eigenvalue weighted by Crippen LogP contribution is 2.68. The van der Waals surface area contributed by atoms with E-state index in [2.05, 4.69) is 26.1 Å². The Hall–Kier alpha value is -0.120. The molecule has 0 unspecified atom stereocenters. The maximum atomic E-state index is 10.2. The summed E-state index contributed by atoms with van der Waals surface area (Å²) >= 11 is 0. The number of hydrogen-bond donors (Lipinski definition) is 3. The van der Waals surface area contributed by atoms with Gasteiger partial charge in [0.15, 0.2) is 0 Å². The molecule has 0 heterocycles. The van der Waals surface area contributed by atoms with Gasteiger partial charge in [0, 0.05) is 0 Å². The Kier molecular flexibility index (Phi) is 6.18. The van der Waals surface area contributed by atoms with Crippen LogP contribution in [-0.2, 0) is 0 Å². The van der Waals surface area contributed by atoms with Crippen molar-refractivity contribution in [2.45, 2.75) is 97.5 Å². The first-order chi connectivity index (χ1) is 13.4. The van der Waals surface area contributed by atoms with Gasteiger partial charge in [0.2, 0.25) is 0 Å². The average Bonchev–Trinajstić information content (AvgIpc) is 3.03. The molecule has 0 aliphatic heterocycles. The molecule has 0 aromatic heterocycles. The summed E-state index contributed by atoms with van der Waals surface area (Å²) in [5.41, 5.74) is 1.06. The van der Waals surface area contributed by atoms with E-state index < -0.39 is 0 Å². The van der Waals surface area contributed by atoms with Crippen LogP contribution in [0, 0.1) is 46.3 Å².